The first kappa shape index (κ1) is 23.7. The highest BCUT2D eigenvalue weighted by Crippen LogP contribution is 2.59. The van der Waals surface area contributed by atoms with Crippen LogP contribution in [0.5, 0.6) is 0 Å². The molecule has 3 aliphatic heterocycles. The van der Waals surface area contributed by atoms with Crippen molar-refractivity contribution >= 4 is 17.8 Å². The van der Waals surface area contributed by atoms with Gasteiger partial charge in [-0.2, -0.15) is 0 Å². The quantitative estimate of drug-likeness (QED) is 0.599. The summed E-state index contributed by atoms with van der Waals surface area (Å²) in [6.45, 7) is 7.26. The molecular weight excluding hydrogens is 424 g/mol. The number of aliphatic hydroxyl groups is 1. The van der Waals surface area contributed by atoms with Crippen LogP contribution in [0.1, 0.15) is 46.1 Å². The standard InChI is InChI=1S/C25H34N2O6/c1-5-32-23(31)18-17-11-12-25(33-17)19(18)22(30)27(20(25)21(29)26-24(2,3)4)16(14-28)13-15-9-7-6-8-10-15/h6-10,16-20,28H,5,11-14H2,1-4H3,(H,26,29)/t16-,17+,18-,19+,20?,25?/m1/s1. The van der Waals surface area contributed by atoms with Crippen molar-refractivity contribution in [2.24, 2.45) is 11.8 Å². The minimum absolute atomic E-state index is 0.209. The van der Waals surface area contributed by atoms with Crippen LogP contribution in [0.3, 0.4) is 0 Å². The molecule has 0 aromatic heterocycles. The SMILES string of the molecule is CCOC(=O)[C@@H]1[C@@H]2CCC3(O2)C(C(=O)NC(C)(C)C)N([C@@H](CO)Cc2ccccc2)C(=O)[C@H]13. The number of aliphatic hydroxyl groups excluding tert-OH is 1. The molecule has 2 N–H and O–H groups in total. The van der Waals surface area contributed by atoms with E-state index in [9.17, 15) is 19.5 Å². The molecule has 0 saturated carbocycles. The molecule has 8 heteroatoms. The number of nitrogens with one attached hydrogen (secondary N) is 1. The number of rotatable bonds is 7. The van der Waals surface area contributed by atoms with Crippen LogP contribution < -0.4 is 5.32 Å². The number of amides is 2. The highest BCUT2D eigenvalue weighted by Gasteiger charge is 2.75. The fourth-order valence-corrected chi connectivity index (χ4v) is 5.87. The molecule has 33 heavy (non-hydrogen) atoms. The van der Waals surface area contributed by atoms with Crippen molar-refractivity contribution < 1.29 is 29.0 Å². The molecule has 2 unspecified atom stereocenters. The molecule has 1 aromatic carbocycles. The van der Waals surface area contributed by atoms with Gasteiger partial charge in [0.25, 0.3) is 0 Å². The monoisotopic (exact) mass is 458 g/mol. The number of hydrogen-bond acceptors (Lipinski definition) is 6. The van der Waals surface area contributed by atoms with E-state index in [1.165, 1.54) is 4.90 Å². The van der Waals surface area contributed by atoms with E-state index in [0.717, 1.165) is 5.56 Å². The fraction of sp³-hybridized carbons (Fsp3) is 0.640. The average molecular weight is 459 g/mol. The summed E-state index contributed by atoms with van der Waals surface area (Å²) in [6, 6.07) is 7.99. The van der Waals surface area contributed by atoms with Crippen LogP contribution in [-0.4, -0.2) is 70.3 Å². The lowest BCUT2D eigenvalue weighted by atomic mass is 9.70. The average Bonchev–Trinajstić information content (AvgIpc) is 3.39. The zero-order valence-electron chi connectivity index (χ0n) is 19.7. The Morgan fingerprint density at radius 2 is 2.00 bits per heavy atom. The van der Waals surface area contributed by atoms with E-state index < -0.39 is 47.1 Å². The van der Waals surface area contributed by atoms with E-state index in [-0.39, 0.29) is 25.0 Å². The minimum atomic E-state index is -1.10. The number of likely N-dealkylation sites (tertiary alicyclic amines) is 1. The molecule has 0 radical (unpaired) electrons. The van der Waals surface area contributed by atoms with Gasteiger partial charge in [0, 0.05) is 5.54 Å². The molecular formula is C25H34N2O6. The van der Waals surface area contributed by atoms with Gasteiger partial charge >= 0.3 is 5.97 Å². The summed E-state index contributed by atoms with van der Waals surface area (Å²) in [5, 5.41) is 13.3. The Morgan fingerprint density at radius 3 is 2.61 bits per heavy atom. The third-order valence-electron chi connectivity index (χ3n) is 6.96. The molecule has 2 bridgehead atoms. The Kier molecular flexibility index (Phi) is 6.26. The van der Waals surface area contributed by atoms with Crippen molar-refractivity contribution in [2.75, 3.05) is 13.2 Å². The first-order valence-corrected chi connectivity index (χ1v) is 11.8. The Labute approximate surface area is 194 Å². The van der Waals surface area contributed by atoms with Gasteiger partial charge in [-0.25, -0.2) is 0 Å². The summed E-state index contributed by atoms with van der Waals surface area (Å²) < 4.78 is 11.6. The Balaban J connectivity index is 1.75. The second kappa shape index (κ2) is 8.72. The van der Waals surface area contributed by atoms with Gasteiger partial charge in [-0.15, -0.1) is 0 Å². The van der Waals surface area contributed by atoms with Crippen molar-refractivity contribution in [3.63, 3.8) is 0 Å². The fourth-order valence-electron chi connectivity index (χ4n) is 5.87. The Hall–Kier alpha value is -2.45. The highest BCUT2D eigenvalue weighted by molar-refractivity contribution is 5.98. The lowest BCUT2D eigenvalue weighted by molar-refractivity contribution is -0.155. The van der Waals surface area contributed by atoms with Gasteiger partial charge in [0.1, 0.15) is 11.6 Å². The van der Waals surface area contributed by atoms with Crippen molar-refractivity contribution in [1.29, 1.82) is 0 Å². The molecule has 1 spiro atoms. The molecule has 3 saturated heterocycles. The highest BCUT2D eigenvalue weighted by atomic mass is 16.6. The number of benzene rings is 1. The van der Waals surface area contributed by atoms with Crippen molar-refractivity contribution in [3.05, 3.63) is 35.9 Å². The van der Waals surface area contributed by atoms with Crippen molar-refractivity contribution in [2.45, 2.75) is 76.3 Å². The summed E-state index contributed by atoms with van der Waals surface area (Å²) in [5.74, 6) is -2.63. The number of hydrogen-bond donors (Lipinski definition) is 2. The molecule has 3 fully saturated rings. The van der Waals surface area contributed by atoms with Crippen LogP contribution in [0.15, 0.2) is 30.3 Å². The predicted octanol–water partition coefficient (Wildman–Crippen LogP) is 1.44. The van der Waals surface area contributed by atoms with Crippen LogP contribution in [0.4, 0.5) is 0 Å². The molecule has 1 aromatic rings. The van der Waals surface area contributed by atoms with Gasteiger partial charge in [0.15, 0.2) is 0 Å². The predicted molar refractivity (Wildman–Crippen MR) is 120 cm³/mol. The molecule has 2 amide bonds. The summed E-state index contributed by atoms with van der Waals surface area (Å²) >= 11 is 0. The zero-order valence-corrected chi connectivity index (χ0v) is 19.7. The number of ether oxygens (including phenoxy) is 2. The van der Waals surface area contributed by atoms with Gasteiger partial charge in [-0.1, -0.05) is 30.3 Å². The normalized spacial score (nSPS) is 31.4. The van der Waals surface area contributed by atoms with E-state index in [0.29, 0.717) is 19.3 Å². The van der Waals surface area contributed by atoms with E-state index in [4.69, 9.17) is 9.47 Å². The van der Waals surface area contributed by atoms with E-state index in [2.05, 4.69) is 5.32 Å². The molecule has 3 heterocycles. The van der Waals surface area contributed by atoms with Gasteiger partial charge < -0.3 is 24.8 Å². The Morgan fingerprint density at radius 1 is 1.30 bits per heavy atom. The number of fused-ring (bicyclic) bond motifs is 1. The maximum atomic E-state index is 13.9. The number of esters is 1. The minimum Gasteiger partial charge on any atom is -0.466 e. The van der Waals surface area contributed by atoms with Crippen molar-refractivity contribution in [3.8, 4) is 0 Å². The lowest BCUT2D eigenvalue weighted by Crippen LogP contribution is -2.60. The van der Waals surface area contributed by atoms with Gasteiger partial charge in [-0.05, 0) is 52.5 Å². The summed E-state index contributed by atoms with van der Waals surface area (Å²) in [7, 11) is 0. The van der Waals surface area contributed by atoms with Crippen LogP contribution in [0.2, 0.25) is 0 Å². The molecule has 4 rings (SSSR count). The van der Waals surface area contributed by atoms with E-state index in [1.54, 1.807) is 6.92 Å². The maximum absolute atomic E-state index is 13.9. The summed E-state index contributed by atoms with van der Waals surface area (Å²) in [6.07, 6.45) is 1.04. The summed E-state index contributed by atoms with van der Waals surface area (Å²) in [5.41, 5.74) is -0.675. The van der Waals surface area contributed by atoms with Crippen LogP contribution in [0, 0.1) is 11.8 Å². The van der Waals surface area contributed by atoms with Crippen LogP contribution >= 0.6 is 0 Å². The van der Waals surface area contributed by atoms with Gasteiger partial charge in [-0.3, -0.25) is 14.4 Å². The molecule has 0 aliphatic carbocycles. The van der Waals surface area contributed by atoms with Crippen molar-refractivity contribution in [1.82, 2.24) is 10.2 Å². The van der Waals surface area contributed by atoms with E-state index in [1.807, 2.05) is 51.1 Å². The lowest BCUT2D eigenvalue weighted by Gasteiger charge is -2.38. The third-order valence-corrected chi connectivity index (χ3v) is 6.96. The first-order chi connectivity index (χ1) is 15.6. The molecule has 3 aliphatic rings. The number of nitrogens with zero attached hydrogens (tertiary/aromatic N) is 1. The zero-order chi connectivity index (χ0) is 24.0. The number of carbonyl (C=O) groups excluding carboxylic acids is 3. The first-order valence-electron chi connectivity index (χ1n) is 11.8. The molecule has 180 valence electrons. The third kappa shape index (κ3) is 4.04. The van der Waals surface area contributed by atoms with E-state index >= 15 is 0 Å². The largest absolute Gasteiger partial charge is 0.466 e. The van der Waals surface area contributed by atoms with Gasteiger partial charge in [0.2, 0.25) is 11.8 Å². The van der Waals surface area contributed by atoms with Crippen LogP contribution in [-0.2, 0) is 30.3 Å². The topological polar surface area (TPSA) is 105 Å². The number of carbonyl (C=O) groups is 3. The van der Waals surface area contributed by atoms with Crippen LogP contribution in [0.25, 0.3) is 0 Å². The molecule has 8 nitrogen and oxygen atoms in total. The second-order valence-corrected chi connectivity index (χ2v) is 10.3. The second-order valence-electron chi connectivity index (χ2n) is 10.3. The smallest absolute Gasteiger partial charge is 0.312 e. The van der Waals surface area contributed by atoms with Gasteiger partial charge in [0.05, 0.1) is 37.2 Å². The summed E-state index contributed by atoms with van der Waals surface area (Å²) in [4.78, 5) is 41.9. The molecule has 6 atom stereocenters. The maximum Gasteiger partial charge on any atom is 0.312 e. The Bertz CT molecular complexity index is 913.